The van der Waals surface area contributed by atoms with Gasteiger partial charge in [-0.3, -0.25) is 0 Å². The highest BCUT2D eigenvalue weighted by molar-refractivity contribution is 7.91. The van der Waals surface area contributed by atoms with Crippen LogP contribution in [0.2, 0.25) is 0 Å². The molecular formula is C12H21ClNP. The van der Waals surface area contributed by atoms with Crippen LogP contribution in [0.15, 0.2) is 18.5 Å². The van der Waals surface area contributed by atoms with Crippen LogP contribution in [-0.2, 0) is 5.54 Å². The number of nitrogens with zero attached hydrogens (tertiary/aromatic N) is 1. The molecule has 0 fully saturated rings. The number of halogens is 1. The maximum Gasteiger partial charge on any atom is 0.0355 e. The van der Waals surface area contributed by atoms with E-state index in [1.165, 1.54) is 5.30 Å². The molecule has 1 rings (SSSR count). The molecule has 0 aliphatic rings. The fraction of sp³-hybridized carbons (Fsp3) is 0.667. The van der Waals surface area contributed by atoms with Crippen LogP contribution in [-0.4, -0.2) is 9.72 Å². The summed E-state index contributed by atoms with van der Waals surface area (Å²) in [6.45, 7) is 13.2. The van der Waals surface area contributed by atoms with Gasteiger partial charge in [0.25, 0.3) is 0 Å². The number of rotatable bonds is 1. The molecule has 1 aromatic heterocycles. The van der Waals surface area contributed by atoms with Gasteiger partial charge < -0.3 is 4.57 Å². The monoisotopic (exact) mass is 245 g/mol. The van der Waals surface area contributed by atoms with Crippen LogP contribution in [0, 0.1) is 0 Å². The second kappa shape index (κ2) is 4.11. The highest BCUT2D eigenvalue weighted by Crippen LogP contribution is 2.52. The van der Waals surface area contributed by atoms with Gasteiger partial charge in [0.15, 0.2) is 0 Å². The van der Waals surface area contributed by atoms with Gasteiger partial charge in [0.1, 0.15) is 0 Å². The van der Waals surface area contributed by atoms with Gasteiger partial charge >= 0.3 is 0 Å². The van der Waals surface area contributed by atoms with Gasteiger partial charge in [-0.05, 0) is 26.8 Å². The number of aromatic nitrogens is 1. The molecular weight excluding hydrogens is 225 g/mol. The smallest absolute Gasteiger partial charge is 0.0355 e. The maximum absolute atomic E-state index is 6.50. The molecule has 0 saturated carbocycles. The molecule has 0 N–H and O–H groups in total. The molecule has 0 amide bonds. The lowest BCUT2D eigenvalue weighted by atomic mass is 10.1. The standard InChI is InChI=1S/C12H21ClNP/c1-11(2,3)14-8-7-10(9-14)15(13)12(4,5)6/h7-9H,1-6H3. The van der Waals surface area contributed by atoms with Crippen molar-refractivity contribution >= 4 is 23.8 Å². The van der Waals surface area contributed by atoms with Crippen LogP contribution in [0.25, 0.3) is 0 Å². The Labute approximate surface area is 99.4 Å². The molecule has 1 atom stereocenters. The third-order valence-electron chi connectivity index (χ3n) is 2.27. The van der Waals surface area contributed by atoms with Gasteiger partial charge in [-0.15, -0.1) is 0 Å². The molecule has 0 bridgehead atoms. The molecule has 1 aromatic rings. The summed E-state index contributed by atoms with van der Waals surface area (Å²) in [6, 6.07) is 2.15. The Morgan fingerprint density at radius 3 is 2.00 bits per heavy atom. The van der Waals surface area contributed by atoms with E-state index in [4.69, 9.17) is 11.2 Å². The van der Waals surface area contributed by atoms with Crippen LogP contribution < -0.4 is 5.30 Å². The molecule has 1 unspecified atom stereocenters. The summed E-state index contributed by atoms with van der Waals surface area (Å²) in [4.78, 5) is 0. The van der Waals surface area contributed by atoms with Crippen LogP contribution in [0.4, 0.5) is 0 Å². The highest BCUT2D eigenvalue weighted by Gasteiger charge is 2.25. The van der Waals surface area contributed by atoms with E-state index in [1.54, 1.807) is 0 Å². The summed E-state index contributed by atoms with van der Waals surface area (Å²) >= 11 is 6.50. The number of hydrogen-bond donors (Lipinski definition) is 0. The van der Waals surface area contributed by atoms with E-state index in [2.05, 4.69) is 64.6 Å². The minimum Gasteiger partial charge on any atom is -0.348 e. The summed E-state index contributed by atoms with van der Waals surface area (Å²) in [7, 11) is -0.592. The van der Waals surface area contributed by atoms with E-state index in [0.29, 0.717) is 0 Å². The van der Waals surface area contributed by atoms with Gasteiger partial charge in [0.05, 0.1) is 0 Å². The van der Waals surface area contributed by atoms with Crippen LogP contribution in [0.1, 0.15) is 41.5 Å². The van der Waals surface area contributed by atoms with Crippen LogP contribution >= 0.6 is 18.5 Å². The molecule has 0 saturated heterocycles. The zero-order chi connectivity index (χ0) is 11.9. The quantitative estimate of drug-likeness (QED) is 0.650. The Morgan fingerprint density at radius 2 is 1.67 bits per heavy atom. The van der Waals surface area contributed by atoms with E-state index < -0.39 is 7.27 Å². The predicted molar refractivity (Wildman–Crippen MR) is 71.6 cm³/mol. The van der Waals surface area contributed by atoms with Gasteiger partial charge in [-0.2, -0.15) is 0 Å². The van der Waals surface area contributed by atoms with Crippen molar-refractivity contribution in [3.05, 3.63) is 18.5 Å². The number of hydrogen-bond acceptors (Lipinski definition) is 0. The maximum atomic E-state index is 6.50. The summed E-state index contributed by atoms with van der Waals surface area (Å²) in [5.41, 5.74) is 0.142. The summed E-state index contributed by atoms with van der Waals surface area (Å²) in [6.07, 6.45) is 4.31. The minimum atomic E-state index is -0.592. The first-order valence-electron chi connectivity index (χ1n) is 5.27. The Hall–Kier alpha value is -0.000000000000000111. The van der Waals surface area contributed by atoms with Crippen molar-refractivity contribution in [2.75, 3.05) is 0 Å². The molecule has 1 heterocycles. The Kier molecular flexibility index (Phi) is 3.58. The van der Waals surface area contributed by atoms with E-state index in [9.17, 15) is 0 Å². The van der Waals surface area contributed by atoms with Crippen molar-refractivity contribution in [3.63, 3.8) is 0 Å². The summed E-state index contributed by atoms with van der Waals surface area (Å²) in [5, 5.41) is 1.44. The summed E-state index contributed by atoms with van der Waals surface area (Å²) in [5.74, 6) is 0. The van der Waals surface area contributed by atoms with Crippen molar-refractivity contribution in [2.24, 2.45) is 0 Å². The first kappa shape index (κ1) is 13.1. The lowest BCUT2D eigenvalue weighted by molar-refractivity contribution is 0.399. The first-order chi connectivity index (χ1) is 6.62. The Balaban J connectivity index is 2.95. The largest absolute Gasteiger partial charge is 0.348 e. The molecule has 0 aromatic carbocycles. The van der Waals surface area contributed by atoms with Crippen LogP contribution in [0.5, 0.6) is 0 Å². The van der Waals surface area contributed by atoms with Crippen molar-refractivity contribution in [2.45, 2.75) is 52.2 Å². The highest BCUT2D eigenvalue weighted by atomic mass is 35.7. The molecule has 0 aliphatic carbocycles. The fourth-order valence-electron chi connectivity index (χ4n) is 1.31. The van der Waals surface area contributed by atoms with E-state index >= 15 is 0 Å². The van der Waals surface area contributed by atoms with E-state index in [0.717, 1.165) is 0 Å². The summed E-state index contributed by atoms with van der Waals surface area (Å²) < 4.78 is 2.23. The fourth-order valence-corrected chi connectivity index (χ4v) is 2.80. The van der Waals surface area contributed by atoms with Gasteiger partial charge in [-0.1, -0.05) is 32.0 Å². The van der Waals surface area contributed by atoms with E-state index in [1.807, 2.05) is 0 Å². The van der Waals surface area contributed by atoms with Crippen molar-refractivity contribution in [1.82, 2.24) is 4.57 Å². The second-order valence-electron chi connectivity index (χ2n) is 5.90. The molecule has 15 heavy (non-hydrogen) atoms. The molecule has 0 spiro atoms. The normalized spacial score (nSPS) is 15.4. The first-order valence-corrected chi connectivity index (χ1v) is 7.51. The molecule has 0 radical (unpaired) electrons. The Bertz CT molecular complexity index is 330. The van der Waals surface area contributed by atoms with Gasteiger partial charge in [0.2, 0.25) is 0 Å². The second-order valence-corrected chi connectivity index (χ2v) is 9.33. The zero-order valence-corrected chi connectivity index (χ0v) is 12.2. The molecule has 86 valence electrons. The lowest BCUT2D eigenvalue weighted by Crippen LogP contribution is -2.21. The van der Waals surface area contributed by atoms with Crippen LogP contribution in [0.3, 0.4) is 0 Å². The third kappa shape index (κ3) is 3.23. The minimum absolute atomic E-state index is 0.142. The SMILES string of the molecule is CC(C)(C)n1ccc(P(Cl)C(C)(C)C)c1. The van der Waals surface area contributed by atoms with Gasteiger partial charge in [0, 0.05) is 35.7 Å². The molecule has 1 nitrogen and oxygen atoms in total. The Morgan fingerprint density at radius 1 is 1.13 bits per heavy atom. The average molecular weight is 246 g/mol. The average Bonchev–Trinajstić information content (AvgIpc) is 2.47. The predicted octanol–water partition coefficient (Wildman–Crippen LogP) is 4.30. The topological polar surface area (TPSA) is 4.93 Å². The molecule has 3 heteroatoms. The third-order valence-corrected chi connectivity index (χ3v) is 6.27. The van der Waals surface area contributed by atoms with Crippen molar-refractivity contribution in [3.8, 4) is 0 Å². The van der Waals surface area contributed by atoms with E-state index in [-0.39, 0.29) is 10.7 Å². The van der Waals surface area contributed by atoms with Crippen molar-refractivity contribution in [1.29, 1.82) is 0 Å². The zero-order valence-electron chi connectivity index (χ0n) is 10.5. The molecule has 0 aliphatic heterocycles. The van der Waals surface area contributed by atoms with Gasteiger partial charge in [-0.25, -0.2) is 0 Å². The lowest BCUT2D eigenvalue weighted by Gasteiger charge is -2.25. The van der Waals surface area contributed by atoms with Crippen molar-refractivity contribution < 1.29 is 0 Å².